The van der Waals surface area contributed by atoms with E-state index in [2.05, 4.69) is 134 Å². The van der Waals surface area contributed by atoms with E-state index >= 15 is 0 Å². The minimum atomic E-state index is 0.764. The van der Waals surface area contributed by atoms with Crippen LogP contribution in [0, 0.1) is 6.92 Å². The molecule has 0 aliphatic heterocycles. The Morgan fingerprint density at radius 2 is 1.11 bits per heavy atom. The number of aryl methyl sites for hydroxylation is 1. The SMILES string of the molecule is Cc1cc(-c2cc(-c3ccccc3)cc(-c3ccccc3)c2)nc(-c2cccc3sc4ccccc4c23)n1. The summed E-state index contributed by atoms with van der Waals surface area (Å²) < 4.78 is 2.54. The van der Waals surface area contributed by atoms with Gasteiger partial charge in [0, 0.05) is 37.0 Å². The van der Waals surface area contributed by atoms with Gasteiger partial charge in [0.15, 0.2) is 5.82 Å². The van der Waals surface area contributed by atoms with E-state index in [0.29, 0.717) is 0 Å². The first-order chi connectivity index (χ1) is 18.7. The van der Waals surface area contributed by atoms with Crippen molar-refractivity contribution < 1.29 is 0 Å². The highest BCUT2D eigenvalue weighted by atomic mass is 32.1. The van der Waals surface area contributed by atoms with E-state index < -0.39 is 0 Å². The molecule has 2 nitrogen and oxygen atoms in total. The quantitative estimate of drug-likeness (QED) is 0.238. The Morgan fingerprint density at radius 1 is 0.500 bits per heavy atom. The Hall–Kier alpha value is -4.60. The molecule has 0 radical (unpaired) electrons. The molecule has 2 heterocycles. The zero-order chi connectivity index (χ0) is 25.5. The highest BCUT2D eigenvalue weighted by molar-refractivity contribution is 7.25. The second kappa shape index (κ2) is 9.37. The van der Waals surface area contributed by atoms with E-state index in [1.165, 1.54) is 42.4 Å². The first kappa shape index (κ1) is 22.6. The fourth-order valence-electron chi connectivity index (χ4n) is 5.17. The van der Waals surface area contributed by atoms with Gasteiger partial charge in [0.05, 0.1) is 5.69 Å². The van der Waals surface area contributed by atoms with Crippen LogP contribution in [-0.4, -0.2) is 9.97 Å². The van der Waals surface area contributed by atoms with Gasteiger partial charge in [0.2, 0.25) is 0 Å². The van der Waals surface area contributed by atoms with E-state index in [4.69, 9.17) is 9.97 Å². The van der Waals surface area contributed by atoms with Gasteiger partial charge in [-0.05, 0) is 65.6 Å². The Morgan fingerprint density at radius 3 is 1.82 bits per heavy atom. The summed E-state index contributed by atoms with van der Waals surface area (Å²) in [5.41, 5.74) is 8.76. The number of nitrogens with zero attached hydrogens (tertiary/aromatic N) is 2. The lowest BCUT2D eigenvalue weighted by atomic mass is 9.95. The third-order valence-electron chi connectivity index (χ3n) is 6.94. The predicted octanol–water partition coefficient (Wildman–Crippen LogP) is 9.82. The van der Waals surface area contributed by atoms with Crippen LogP contribution >= 0.6 is 11.3 Å². The lowest BCUT2D eigenvalue weighted by molar-refractivity contribution is 1.12. The molecule has 0 saturated carbocycles. The molecule has 0 atom stereocenters. The molecule has 0 saturated heterocycles. The lowest BCUT2D eigenvalue weighted by Gasteiger charge is -2.12. The first-order valence-corrected chi connectivity index (χ1v) is 13.6. The van der Waals surface area contributed by atoms with Crippen LogP contribution in [-0.2, 0) is 0 Å². The zero-order valence-electron chi connectivity index (χ0n) is 20.9. The number of thiophene rings is 1. The molecule has 2 aromatic heterocycles. The summed E-state index contributed by atoms with van der Waals surface area (Å²) in [7, 11) is 0. The molecule has 180 valence electrons. The molecule has 7 rings (SSSR count). The van der Waals surface area contributed by atoms with Crippen molar-refractivity contribution >= 4 is 31.5 Å². The number of rotatable bonds is 4. The van der Waals surface area contributed by atoms with Crippen LogP contribution in [0.4, 0.5) is 0 Å². The van der Waals surface area contributed by atoms with Gasteiger partial charge in [0.1, 0.15) is 0 Å². The lowest BCUT2D eigenvalue weighted by Crippen LogP contribution is -1.96. The van der Waals surface area contributed by atoms with Crippen LogP contribution in [0.1, 0.15) is 5.69 Å². The molecule has 0 fully saturated rings. The molecule has 7 aromatic rings. The maximum atomic E-state index is 5.17. The molecule has 0 bridgehead atoms. The number of hydrogen-bond donors (Lipinski definition) is 0. The van der Waals surface area contributed by atoms with E-state index in [1.807, 2.05) is 11.3 Å². The average molecular weight is 505 g/mol. The van der Waals surface area contributed by atoms with Crippen LogP contribution in [0.25, 0.3) is 65.1 Å². The molecule has 38 heavy (non-hydrogen) atoms. The third kappa shape index (κ3) is 4.07. The molecular weight excluding hydrogens is 480 g/mol. The van der Waals surface area contributed by atoms with Gasteiger partial charge >= 0.3 is 0 Å². The van der Waals surface area contributed by atoms with Crippen LogP contribution in [0.3, 0.4) is 0 Å². The van der Waals surface area contributed by atoms with E-state index in [9.17, 15) is 0 Å². The monoisotopic (exact) mass is 504 g/mol. The smallest absolute Gasteiger partial charge is 0.160 e. The van der Waals surface area contributed by atoms with Gasteiger partial charge in [-0.2, -0.15) is 0 Å². The van der Waals surface area contributed by atoms with Crippen molar-refractivity contribution in [1.82, 2.24) is 9.97 Å². The van der Waals surface area contributed by atoms with Gasteiger partial charge < -0.3 is 0 Å². The molecule has 0 aliphatic carbocycles. The van der Waals surface area contributed by atoms with Crippen molar-refractivity contribution in [3.63, 3.8) is 0 Å². The van der Waals surface area contributed by atoms with Crippen LogP contribution in [0.5, 0.6) is 0 Å². The second-order valence-electron chi connectivity index (χ2n) is 9.53. The number of hydrogen-bond acceptors (Lipinski definition) is 3. The van der Waals surface area contributed by atoms with E-state index in [-0.39, 0.29) is 0 Å². The van der Waals surface area contributed by atoms with Crippen molar-refractivity contribution in [1.29, 1.82) is 0 Å². The largest absolute Gasteiger partial charge is 0.233 e. The normalized spacial score (nSPS) is 11.3. The second-order valence-corrected chi connectivity index (χ2v) is 10.6. The summed E-state index contributed by atoms with van der Waals surface area (Å²) in [4.78, 5) is 10.1. The Balaban J connectivity index is 1.44. The maximum Gasteiger partial charge on any atom is 0.160 e. The van der Waals surface area contributed by atoms with Crippen molar-refractivity contribution in [3.8, 4) is 44.9 Å². The summed E-state index contributed by atoms with van der Waals surface area (Å²) in [5.74, 6) is 0.764. The summed E-state index contributed by atoms with van der Waals surface area (Å²) >= 11 is 1.82. The summed E-state index contributed by atoms with van der Waals surface area (Å²) in [6.07, 6.45) is 0. The standard InChI is InChI=1S/C35H24N2S/c1-23-19-31(37-35(36-23)30-16-10-18-33-34(30)29-15-8-9-17-32(29)38-33)28-21-26(24-11-4-2-5-12-24)20-27(22-28)25-13-6-3-7-14-25/h2-22H,1H3. The van der Waals surface area contributed by atoms with Crippen LogP contribution in [0.15, 0.2) is 127 Å². The van der Waals surface area contributed by atoms with Crippen molar-refractivity contribution in [3.05, 3.63) is 133 Å². The molecule has 3 heteroatoms. The Kier molecular flexibility index (Phi) is 5.57. The van der Waals surface area contributed by atoms with E-state index in [1.54, 1.807) is 0 Å². The summed E-state index contributed by atoms with van der Waals surface area (Å²) in [6.45, 7) is 2.06. The minimum absolute atomic E-state index is 0.764. The van der Waals surface area contributed by atoms with Crippen molar-refractivity contribution in [2.24, 2.45) is 0 Å². The van der Waals surface area contributed by atoms with E-state index in [0.717, 1.165) is 28.3 Å². The molecule has 0 amide bonds. The highest BCUT2D eigenvalue weighted by Crippen LogP contribution is 2.40. The highest BCUT2D eigenvalue weighted by Gasteiger charge is 2.15. The Bertz CT molecular complexity index is 1860. The molecular formula is C35H24N2S. The maximum absolute atomic E-state index is 5.17. The van der Waals surface area contributed by atoms with Crippen molar-refractivity contribution in [2.45, 2.75) is 6.92 Å². The van der Waals surface area contributed by atoms with Crippen LogP contribution in [0.2, 0.25) is 0 Å². The number of aromatic nitrogens is 2. The average Bonchev–Trinajstić information content (AvgIpc) is 3.36. The van der Waals surface area contributed by atoms with Gasteiger partial charge in [-0.1, -0.05) is 91.0 Å². The fourth-order valence-corrected chi connectivity index (χ4v) is 6.30. The third-order valence-corrected chi connectivity index (χ3v) is 8.08. The first-order valence-electron chi connectivity index (χ1n) is 12.8. The van der Waals surface area contributed by atoms with Gasteiger partial charge in [0.25, 0.3) is 0 Å². The Labute approximate surface area is 225 Å². The summed E-state index contributed by atoms with van der Waals surface area (Å²) in [6, 6.07) is 45.0. The number of fused-ring (bicyclic) bond motifs is 3. The minimum Gasteiger partial charge on any atom is -0.233 e. The fraction of sp³-hybridized carbons (Fsp3) is 0.0286. The predicted molar refractivity (Wildman–Crippen MR) is 161 cm³/mol. The van der Waals surface area contributed by atoms with Crippen LogP contribution < -0.4 is 0 Å². The van der Waals surface area contributed by atoms with Crippen molar-refractivity contribution in [2.75, 3.05) is 0 Å². The molecule has 0 spiro atoms. The molecule has 5 aromatic carbocycles. The van der Waals surface area contributed by atoms with Gasteiger partial charge in [-0.25, -0.2) is 9.97 Å². The molecule has 0 unspecified atom stereocenters. The zero-order valence-corrected chi connectivity index (χ0v) is 21.7. The topological polar surface area (TPSA) is 25.8 Å². The van der Waals surface area contributed by atoms with Gasteiger partial charge in [-0.15, -0.1) is 11.3 Å². The summed E-state index contributed by atoms with van der Waals surface area (Å²) in [5, 5.41) is 2.49. The molecule has 0 aliphatic rings. The van der Waals surface area contributed by atoms with Gasteiger partial charge in [-0.3, -0.25) is 0 Å². The molecule has 0 N–H and O–H groups in total. The number of benzene rings is 5.